The summed E-state index contributed by atoms with van der Waals surface area (Å²) >= 11 is 0. The van der Waals surface area contributed by atoms with Crippen molar-refractivity contribution in [3.63, 3.8) is 0 Å². The molecule has 0 radical (unpaired) electrons. The average molecular weight is 730 g/mol. The van der Waals surface area contributed by atoms with Gasteiger partial charge in [-0.3, -0.25) is 0 Å². The maximum atomic E-state index is 6.51. The number of nitrogens with zero attached hydrogens (tertiary/aromatic N) is 1. The number of benzene rings is 9. The van der Waals surface area contributed by atoms with Gasteiger partial charge in [-0.05, 0) is 75.8 Å². The first-order chi connectivity index (χ1) is 28.3. The SMILES string of the molecule is c1ccc(-c2ccccc2-c2c(-c3ccccc3)cccc2N(c2ccc(-c3cccc4c3oc3ccccc34)cc2)c2cccc3oc4ccccc4c23)cc1. The molecular formula is C54H35NO2. The minimum absolute atomic E-state index is 0.845. The van der Waals surface area contributed by atoms with E-state index in [1.807, 2.05) is 18.2 Å². The van der Waals surface area contributed by atoms with Crippen LogP contribution in [0.1, 0.15) is 0 Å². The first kappa shape index (κ1) is 32.8. The van der Waals surface area contributed by atoms with Gasteiger partial charge in [-0.25, -0.2) is 0 Å². The highest BCUT2D eigenvalue weighted by Crippen LogP contribution is 2.50. The van der Waals surface area contributed by atoms with E-state index in [2.05, 4.69) is 199 Å². The van der Waals surface area contributed by atoms with Crippen molar-refractivity contribution in [1.82, 2.24) is 0 Å². The van der Waals surface area contributed by atoms with Crippen molar-refractivity contribution in [1.29, 1.82) is 0 Å². The zero-order valence-corrected chi connectivity index (χ0v) is 31.0. The van der Waals surface area contributed by atoms with E-state index in [1.54, 1.807) is 0 Å². The number of para-hydroxylation sites is 3. The Hall–Kier alpha value is -7.62. The Morgan fingerprint density at radius 3 is 1.58 bits per heavy atom. The van der Waals surface area contributed by atoms with Crippen LogP contribution in [-0.4, -0.2) is 0 Å². The number of fused-ring (bicyclic) bond motifs is 6. The van der Waals surface area contributed by atoms with Crippen molar-refractivity contribution in [3.05, 3.63) is 212 Å². The topological polar surface area (TPSA) is 29.5 Å². The summed E-state index contributed by atoms with van der Waals surface area (Å²) in [6, 6.07) is 75.2. The summed E-state index contributed by atoms with van der Waals surface area (Å²) in [7, 11) is 0. The van der Waals surface area contributed by atoms with Crippen LogP contribution in [-0.2, 0) is 0 Å². The molecule has 0 saturated carbocycles. The minimum atomic E-state index is 0.845. The summed E-state index contributed by atoms with van der Waals surface area (Å²) in [5, 5.41) is 4.38. The second-order valence-corrected chi connectivity index (χ2v) is 14.4. The Labute approximate surface area is 330 Å². The van der Waals surface area contributed by atoms with E-state index in [0.29, 0.717) is 0 Å². The number of furan rings is 2. The highest BCUT2D eigenvalue weighted by atomic mass is 16.3. The highest BCUT2D eigenvalue weighted by molar-refractivity contribution is 6.15. The number of anilines is 3. The first-order valence-corrected chi connectivity index (χ1v) is 19.3. The molecule has 0 amide bonds. The van der Waals surface area contributed by atoms with Crippen LogP contribution in [0.3, 0.4) is 0 Å². The van der Waals surface area contributed by atoms with Crippen LogP contribution in [0.25, 0.3) is 88.4 Å². The number of hydrogen-bond acceptors (Lipinski definition) is 3. The third-order valence-electron chi connectivity index (χ3n) is 11.1. The fourth-order valence-corrected chi connectivity index (χ4v) is 8.55. The molecule has 0 atom stereocenters. The molecule has 9 aromatic carbocycles. The Morgan fingerprint density at radius 2 is 0.807 bits per heavy atom. The van der Waals surface area contributed by atoms with Gasteiger partial charge in [-0.1, -0.05) is 170 Å². The van der Waals surface area contributed by atoms with Crippen molar-refractivity contribution in [3.8, 4) is 44.5 Å². The zero-order chi connectivity index (χ0) is 37.7. The molecule has 0 fully saturated rings. The molecule has 0 aliphatic carbocycles. The molecule has 57 heavy (non-hydrogen) atoms. The van der Waals surface area contributed by atoms with Crippen molar-refractivity contribution in [2.24, 2.45) is 0 Å². The standard InChI is InChI=1S/C54H35NO2/c1-3-16-36(17-4-1)40-20-7-8-22-44(40)52-41(37-18-5-2-6-19-37)24-14-27-47(52)55(48-28-15-31-51-53(48)46-23-10-12-30-50(46)56-51)39-34-32-38(33-35-39)42-25-13-26-45-43-21-9-11-29-49(43)57-54(42)45/h1-35H. The Morgan fingerprint density at radius 1 is 0.298 bits per heavy atom. The summed E-state index contributed by atoms with van der Waals surface area (Å²) in [5.41, 5.74) is 15.7. The summed E-state index contributed by atoms with van der Waals surface area (Å²) in [5.74, 6) is 0. The molecule has 0 aliphatic rings. The van der Waals surface area contributed by atoms with Gasteiger partial charge in [0.25, 0.3) is 0 Å². The second-order valence-electron chi connectivity index (χ2n) is 14.4. The van der Waals surface area contributed by atoms with Crippen LogP contribution in [0.2, 0.25) is 0 Å². The normalized spacial score (nSPS) is 11.5. The molecule has 0 spiro atoms. The molecule has 268 valence electrons. The third kappa shape index (κ3) is 5.51. The zero-order valence-electron chi connectivity index (χ0n) is 31.0. The molecule has 0 aliphatic heterocycles. The quantitative estimate of drug-likeness (QED) is 0.164. The Balaban J connectivity index is 1.19. The monoisotopic (exact) mass is 729 g/mol. The maximum Gasteiger partial charge on any atom is 0.143 e. The van der Waals surface area contributed by atoms with Crippen molar-refractivity contribution in [2.45, 2.75) is 0 Å². The van der Waals surface area contributed by atoms with E-state index < -0.39 is 0 Å². The van der Waals surface area contributed by atoms with Gasteiger partial charge in [-0.2, -0.15) is 0 Å². The predicted molar refractivity (Wildman–Crippen MR) is 237 cm³/mol. The molecule has 3 nitrogen and oxygen atoms in total. The molecule has 2 aromatic heterocycles. The molecule has 11 rings (SSSR count). The van der Waals surface area contributed by atoms with Gasteiger partial charge in [0.1, 0.15) is 22.3 Å². The lowest BCUT2D eigenvalue weighted by Gasteiger charge is -2.30. The van der Waals surface area contributed by atoms with Crippen molar-refractivity contribution < 1.29 is 8.83 Å². The lowest BCUT2D eigenvalue weighted by molar-refractivity contribution is 0.669. The molecule has 3 heteroatoms. The number of hydrogen-bond donors (Lipinski definition) is 0. The molecule has 0 N–H and O–H groups in total. The fraction of sp³-hybridized carbons (Fsp3) is 0. The van der Waals surface area contributed by atoms with Crippen molar-refractivity contribution in [2.75, 3.05) is 4.90 Å². The van der Waals surface area contributed by atoms with E-state index in [0.717, 1.165) is 94.3 Å². The summed E-state index contributed by atoms with van der Waals surface area (Å²) in [6.45, 7) is 0. The van der Waals surface area contributed by atoms with Crippen LogP contribution < -0.4 is 4.90 Å². The smallest absolute Gasteiger partial charge is 0.143 e. The van der Waals surface area contributed by atoms with Gasteiger partial charge < -0.3 is 13.7 Å². The van der Waals surface area contributed by atoms with Crippen LogP contribution in [0, 0.1) is 0 Å². The maximum absolute atomic E-state index is 6.51. The van der Waals surface area contributed by atoms with Gasteiger partial charge in [-0.15, -0.1) is 0 Å². The van der Waals surface area contributed by atoms with Crippen LogP contribution in [0.15, 0.2) is 221 Å². The van der Waals surface area contributed by atoms with E-state index in [4.69, 9.17) is 8.83 Å². The molecule has 11 aromatic rings. The summed E-state index contributed by atoms with van der Waals surface area (Å²) in [6.07, 6.45) is 0. The predicted octanol–water partition coefficient (Wildman–Crippen LogP) is 15.6. The van der Waals surface area contributed by atoms with E-state index in [-0.39, 0.29) is 0 Å². The third-order valence-corrected chi connectivity index (χ3v) is 11.1. The first-order valence-electron chi connectivity index (χ1n) is 19.3. The van der Waals surface area contributed by atoms with Crippen LogP contribution >= 0.6 is 0 Å². The summed E-state index contributed by atoms with van der Waals surface area (Å²) < 4.78 is 13.0. The largest absolute Gasteiger partial charge is 0.456 e. The summed E-state index contributed by atoms with van der Waals surface area (Å²) in [4.78, 5) is 2.42. The van der Waals surface area contributed by atoms with Crippen LogP contribution in [0.5, 0.6) is 0 Å². The van der Waals surface area contributed by atoms with E-state index in [1.165, 1.54) is 11.1 Å². The average Bonchev–Trinajstić information content (AvgIpc) is 3.87. The van der Waals surface area contributed by atoms with E-state index >= 15 is 0 Å². The van der Waals surface area contributed by atoms with Gasteiger partial charge >= 0.3 is 0 Å². The number of rotatable bonds is 7. The molecule has 0 unspecified atom stereocenters. The highest BCUT2D eigenvalue weighted by Gasteiger charge is 2.25. The molecule has 0 bridgehead atoms. The fourth-order valence-electron chi connectivity index (χ4n) is 8.55. The molecular weight excluding hydrogens is 695 g/mol. The van der Waals surface area contributed by atoms with Crippen molar-refractivity contribution >= 4 is 60.9 Å². The minimum Gasteiger partial charge on any atom is -0.456 e. The van der Waals surface area contributed by atoms with Gasteiger partial charge in [0.15, 0.2) is 0 Å². The lowest BCUT2D eigenvalue weighted by Crippen LogP contribution is -2.12. The Bertz CT molecular complexity index is 3230. The Kier molecular flexibility index (Phi) is 7.82. The van der Waals surface area contributed by atoms with Gasteiger partial charge in [0, 0.05) is 33.0 Å². The molecule has 2 heterocycles. The second kappa shape index (κ2) is 13.6. The van der Waals surface area contributed by atoms with E-state index in [9.17, 15) is 0 Å². The lowest BCUT2D eigenvalue weighted by atomic mass is 9.87. The molecule has 0 saturated heterocycles. The van der Waals surface area contributed by atoms with Gasteiger partial charge in [0.05, 0.1) is 16.8 Å². The van der Waals surface area contributed by atoms with Gasteiger partial charge in [0.2, 0.25) is 0 Å². The van der Waals surface area contributed by atoms with Crippen LogP contribution in [0.4, 0.5) is 17.1 Å².